The van der Waals surface area contributed by atoms with Crippen molar-refractivity contribution in [2.75, 3.05) is 5.33 Å². The molecule has 0 spiro atoms. The predicted molar refractivity (Wildman–Crippen MR) is 68.3 cm³/mol. The molecule has 0 radical (unpaired) electrons. The second kappa shape index (κ2) is 5.69. The number of carbonyl (C=O) groups excluding carboxylic acids is 1. The average Bonchev–Trinajstić information content (AvgIpc) is 2.17. The topological polar surface area (TPSA) is 17.1 Å². The maximum atomic E-state index is 11.7. The third-order valence-electron chi connectivity index (χ3n) is 1.78. The Morgan fingerprint density at radius 2 is 2.13 bits per heavy atom. The smallest absolute Gasteiger partial charge is 0.187 e. The Morgan fingerprint density at radius 3 is 2.67 bits per heavy atom. The molecule has 0 fully saturated rings. The Morgan fingerprint density at radius 1 is 1.47 bits per heavy atom. The summed E-state index contributed by atoms with van der Waals surface area (Å²) in [6.45, 7) is 1.87. The molecule has 0 amide bonds. The first-order chi connectivity index (χ1) is 7.04. The van der Waals surface area contributed by atoms with E-state index >= 15 is 0 Å². The van der Waals surface area contributed by atoms with Crippen molar-refractivity contribution in [2.45, 2.75) is 6.92 Å². The summed E-state index contributed by atoms with van der Waals surface area (Å²) in [5, 5.41) is 1.58. The molecule has 0 saturated heterocycles. The molecule has 1 aromatic carbocycles. The fourth-order valence-corrected chi connectivity index (χ4v) is 1.69. The minimum Gasteiger partial charge on any atom is -0.289 e. The molecular weight excluding hydrogens is 299 g/mol. The Labute approximate surface area is 107 Å². The third kappa shape index (κ3) is 3.63. The highest BCUT2D eigenvalue weighted by Gasteiger charge is 2.08. The highest BCUT2D eigenvalue weighted by molar-refractivity contribution is 9.09. The normalized spacial score (nSPS) is 11.6. The number of ketones is 1. The van der Waals surface area contributed by atoms with Crippen LogP contribution in [0.1, 0.15) is 17.3 Å². The SMILES string of the molecule is CC(=CC(=O)c1ccc(Cl)cc1Cl)CBr. The molecule has 0 saturated carbocycles. The maximum absolute atomic E-state index is 11.7. The molecule has 4 heteroatoms. The van der Waals surface area contributed by atoms with Gasteiger partial charge in [-0.15, -0.1) is 0 Å². The summed E-state index contributed by atoms with van der Waals surface area (Å²) in [5.41, 5.74) is 1.42. The molecule has 0 atom stereocenters. The Balaban J connectivity index is 3.02. The van der Waals surface area contributed by atoms with Crippen molar-refractivity contribution in [1.82, 2.24) is 0 Å². The zero-order valence-electron chi connectivity index (χ0n) is 8.06. The molecule has 0 aliphatic heterocycles. The van der Waals surface area contributed by atoms with Gasteiger partial charge in [0.05, 0.1) is 5.02 Å². The van der Waals surface area contributed by atoms with Crippen LogP contribution in [0.25, 0.3) is 0 Å². The molecular formula is C11H9BrCl2O. The number of hydrogen-bond acceptors (Lipinski definition) is 1. The van der Waals surface area contributed by atoms with Gasteiger partial charge in [0, 0.05) is 15.9 Å². The number of benzene rings is 1. The standard InChI is InChI=1S/C11H9BrCl2O/c1-7(6-12)4-11(15)9-3-2-8(13)5-10(9)14/h2-5H,6H2,1H3. The van der Waals surface area contributed by atoms with Crippen molar-refractivity contribution in [2.24, 2.45) is 0 Å². The van der Waals surface area contributed by atoms with Crippen LogP contribution in [0, 0.1) is 0 Å². The van der Waals surface area contributed by atoms with E-state index in [-0.39, 0.29) is 5.78 Å². The lowest BCUT2D eigenvalue weighted by Gasteiger charge is -2.01. The quantitative estimate of drug-likeness (QED) is 0.456. The van der Waals surface area contributed by atoms with Crippen molar-refractivity contribution < 1.29 is 4.79 Å². The van der Waals surface area contributed by atoms with E-state index in [9.17, 15) is 4.79 Å². The maximum Gasteiger partial charge on any atom is 0.187 e. The molecule has 0 N–H and O–H groups in total. The molecule has 0 bridgehead atoms. The Hall–Kier alpha value is -0.310. The number of alkyl halides is 1. The first kappa shape index (κ1) is 12.8. The summed E-state index contributed by atoms with van der Waals surface area (Å²) in [7, 11) is 0. The van der Waals surface area contributed by atoms with Gasteiger partial charge in [-0.3, -0.25) is 4.79 Å². The van der Waals surface area contributed by atoms with E-state index in [0.29, 0.717) is 20.9 Å². The van der Waals surface area contributed by atoms with Gasteiger partial charge in [0.1, 0.15) is 0 Å². The van der Waals surface area contributed by atoms with Gasteiger partial charge < -0.3 is 0 Å². The number of halogens is 3. The van der Waals surface area contributed by atoms with Gasteiger partial charge >= 0.3 is 0 Å². The van der Waals surface area contributed by atoms with E-state index in [0.717, 1.165) is 5.57 Å². The van der Waals surface area contributed by atoms with Crippen molar-refractivity contribution in [3.05, 3.63) is 45.5 Å². The van der Waals surface area contributed by atoms with Gasteiger partial charge in [0.15, 0.2) is 5.78 Å². The van der Waals surface area contributed by atoms with Crippen molar-refractivity contribution in [1.29, 1.82) is 0 Å². The molecule has 1 rings (SSSR count). The van der Waals surface area contributed by atoms with Gasteiger partial charge in [-0.25, -0.2) is 0 Å². The number of rotatable bonds is 3. The molecule has 0 aliphatic rings. The van der Waals surface area contributed by atoms with Crippen LogP contribution in [0.5, 0.6) is 0 Å². The second-order valence-electron chi connectivity index (χ2n) is 3.11. The minimum absolute atomic E-state index is 0.103. The summed E-state index contributed by atoms with van der Waals surface area (Å²) < 4.78 is 0. The van der Waals surface area contributed by atoms with E-state index in [2.05, 4.69) is 15.9 Å². The highest BCUT2D eigenvalue weighted by atomic mass is 79.9. The Kier molecular flexibility index (Phi) is 4.84. The van der Waals surface area contributed by atoms with Crippen LogP contribution in [0.15, 0.2) is 29.8 Å². The first-order valence-electron chi connectivity index (χ1n) is 4.27. The number of carbonyl (C=O) groups is 1. The van der Waals surface area contributed by atoms with Crippen LogP contribution in [0.2, 0.25) is 10.0 Å². The fourth-order valence-electron chi connectivity index (χ4n) is 1.03. The highest BCUT2D eigenvalue weighted by Crippen LogP contribution is 2.22. The van der Waals surface area contributed by atoms with Gasteiger partial charge in [-0.2, -0.15) is 0 Å². The fraction of sp³-hybridized carbons (Fsp3) is 0.182. The lowest BCUT2D eigenvalue weighted by molar-refractivity contribution is 0.104. The van der Waals surface area contributed by atoms with Gasteiger partial charge in [0.2, 0.25) is 0 Å². The predicted octanol–water partition coefficient (Wildman–Crippen LogP) is 4.52. The molecule has 0 heterocycles. The van der Waals surface area contributed by atoms with E-state index in [1.165, 1.54) is 0 Å². The molecule has 1 nitrogen and oxygen atoms in total. The second-order valence-corrected chi connectivity index (χ2v) is 4.52. The number of hydrogen-bond donors (Lipinski definition) is 0. The van der Waals surface area contributed by atoms with E-state index in [1.807, 2.05) is 6.92 Å². The van der Waals surface area contributed by atoms with Gasteiger partial charge in [-0.05, 0) is 31.2 Å². The molecule has 0 unspecified atom stereocenters. The largest absolute Gasteiger partial charge is 0.289 e. The summed E-state index contributed by atoms with van der Waals surface area (Å²) in [6, 6.07) is 4.84. The molecule has 0 aliphatic carbocycles. The van der Waals surface area contributed by atoms with Crippen molar-refractivity contribution in [3.63, 3.8) is 0 Å². The summed E-state index contributed by atoms with van der Waals surface area (Å²) >= 11 is 14.9. The van der Waals surface area contributed by atoms with Gasteiger partial charge in [-0.1, -0.05) is 44.7 Å². The van der Waals surface area contributed by atoms with Crippen LogP contribution in [0.3, 0.4) is 0 Å². The van der Waals surface area contributed by atoms with Crippen molar-refractivity contribution in [3.8, 4) is 0 Å². The van der Waals surface area contributed by atoms with Crippen LogP contribution in [-0.2, 0) is 0 Å². The monoisotopic (exact) mass is 306 g/mol. The Bertz CT molecular complexity index is 413. The first-order valence-corrected chi connectivity index (χ1v) is 6.15. The van der Waals surface area contributed by atoms with Crippen LogP contribution in [0.4, 0.5) is 0 Å². The number of allylic oxidation sites excluding steroid dienone is 2. The minimum atomic E-state index is -0.103. The van der Waals surface area contributed by atoms with E-state index in [1.54, 1.807) is 24.3 Å². The van der Waals surface area contributed by atoms with Crippen molar-refractivity contribution >= 4 is 44.9 Å². The van der Waals surface area contributed by atoms with Crippen LogP contribution < -0.4 is 0 Å². The van der Waals surface area contributed by atoms with E-state index < -0.39 is 0 Å². The lowest BCUT2D eigenvalue weighted by atomic mass is 10.1. The van der Waals surface area contributed by atoms with Gasteiger partial charge in [0.25, 0.3) is 0 Å². The molecule has 1 aromatic rings. The summed E-state index contributed by atoms with van der Waals surface area (Å²) in [4.78, 5) is 11.7. The molecule has 0 aromatic heterocycles. The average molecular weight is 308 g/mol. The van der Waals surface area contributed by atoms with Crippen LogP contribution in [-0.4, -0.2) is 11.1 Å². The molecule has 80 valence electrons. The van der Waals surface area contributed by atoms with E-state index in [4.69, 9.17) is 23.2 Å². The zero-order chi connectivity index (χ0) is 11.4. The summed E-state index contributed by atoms with van der Waals surface area (Å²) in [6.07, 6.45) is 1.56. The summed E-state index contributed by atoms with van der Waals surface area (Å²) in [5.74, 6) is -0.103. The zero-order valence-corrected chi connectivity index (χ0v) is 11.2. The van der Waals surface area contributed by atoms with Crippen LogP contribution >= 0.6 is 39.1 Å². The molecule has 15 heavy (non-hydrogen) atoms. The third-order valence-corrected chi connectivity index (χ3v) is 3.22. The lowest BCUT2D eigenvalue weighted by Crippen LogP contribution is -1.97.